The Morgan fingerprint density at radius 3 is 2.16 bits per heavy atom. The van der Waals surface area contributed by atoms with Crippen molar-refractivity contribution in [3.8, 4) is 23.6 Å². The Bertz CT molecular complexity index is 1600. The molecular formula is C29H17N3O6. The largest absolute Gasteiger partial charge is 0.456 e. The number of hydrogen-bond acceptors (Lipinski definition) is 8. The number of carbonyl (C=O) groups is 2. The van der Waals surface area contributed by atoms with Crippen LogP contribution in [0.4, 0.5) is 5.69 Å². The van der Waals surface area contributed by atoms with Gasteiger partial charge in [-0.05, 0) is 42.5 Å². The minimum atomic E-state index is -1.37. The molecule has 38 heavy (non-hydrogen) atoms. The van der Waals surface area contributed by atoms with Gasteiger partial charge in [-0.25, -0.2) is 4.79 Å². The predicted octanol–water partition coefficient (Wildman–Crippen LogP) is 5.91. The Hall–Kier alpha value is -5.80. The van der Waals surface area contributed by atoms with Crippen molar-refractivity contribution in [3.63, 3.8) is 0 Å². The molecule has 9 nitrogen and oxygen atoms in total. The SMILES string of the molecule is N#Cc1cccc(Oc2cccc(C(=O)O[C@H](C(=O)c3ccccc3)c3ccc([N+](=O)[O-])cc3)c2)c1C#N. The highest BCUT2D eigenvalue weighted by Gasteiger charge is 2.27. The number of nitro groups is 1. The van der Waals surface area contributed by atoms with Gasteiger partial charge in [-0.2, -0.15) is 10.5 Å². The summed E-state index contributed by atoms with van der Waals surface area (Å²) >= 11 is 0. The van der Waals surface area contributed by atoms with Crippen LogP contribution in [0.1, 0.15) is 43.5 Å². The number of carbonyl (C=O) groups excluding carboxylic acids is 2. The van der Waals surface area contributed by atoms with E-state index in [0.29, 0.717) is 5.56 Å². The normalized spacial score (nSPS) is 10.9. The highest BCUT2D eigenvalue weighted by Crippen LogP contribution is 2.29. The van der Waals surface area contributed by atoms with Crippen LogP contribution in [0.15, 0.2) is 97.1 Å². The van der Waals surface area contributed by atoms with Gasteiger partial charge >= 0.3 is 5.97 Å². The minimum Gasteiger partial charge on any atom is -0.456 e. The average Bonchev–Trinajstić information content (AvgIpc) is 2.96. The van der Waals surface area contributed by atoms with E-state index in [2.05, 4.69) is 0 Å². The summed E-state index contributed by atoms with van der Waals surface area (Å²) in [6, 6.07) is 27.8. The summed E-state index contributed by atoms with van der Waals surface area (Å²) < 4.78 is 11.4. The minimum absolute atomic E-state index is 0.0506. The summed E-state index contributed by atoms with van der Waals surface area (Å²) in [5.74, 6) is -1.01. The van der Waals surface area contributed by atoms with Crippen LogP contribution in [-0.4, -0.2) is 16.7 Å². The van der Waals surface area contributed by atoms with E-state index in [-0.39, 0.29) is 39.4 Å². The molecular weight excluding hydrogens is 486 g/mol. The maximum absolute atomic E-state index is 13.3. The van der Waals surface area contributed by atoms with Crippen LogP contribution in [0.5, 0.6) is 11.5 Å². The molecule has 0 aliphatic heterocycles. The Labute approximate surface area is 216 Å². The Morgan fingerprint density at radius 1 is 0.816 bits per heavy atom. The van der Waals surface area contributed by atoms with E-state index < -0.39 is 22.8 Å². The molecule has 4 rings (SSSR count). The van der Waals surface area contributed by atoms with Crippen LogP contribution in [0.25, 0.3) is 0 Å². The van der Waals surface area contributed by atoms with Crippen molar-refractivity contribution in [2.24, 2.45) is 0 Å². The van der Waals surface area contributed by atoms with Gasteiger partial charge in [-0.15, -0.1) is 0 Å². The van der Waals surface area contributed by atoms with E-state index in [9.17, 15) is 30.2 Å². The van der Waals surface area contributed by atoms with Crippen LogP contribution in [-0.2, 0) is 4.74 Å². The fraction of sp³-hybridized carbons (Fsp3) is 0.0345. The zero-order chi connectivity index (χ0) is 27.1. The van der Waals surface area contributed by atoms with Crippen LogP contribution in [0, 0.1) is 32.8 Å². The second kappa shape index (κ2) is 11.3. The molecule has 0 radical (unpaired) electrons. The summed E-state index contributed by atoms with van der Waals surface area (Å²) in [6.45, 7) is 0. The Balaban J connectivity index is 1.63. The number of ketones is 1. The molecule has 0 amide bonds. The van der Waals surface area contributed by atoms with Crippen LogP contribution < -0.4 is 4.74 Å². The van der Waals surface area contributed by atoms with Gasteiger partial charge in [0.2, 0.25) is 5.78 Å². The van der Waals surface area contributed by atoms with Gasteiger partial charge in [-0.3, -0.25) is 14.9 Å². The van der Waals surface area contributed by atoms with Gasteiger partial charge in [0, 0.05) is 23.3 Å². The number of nitriles is 2. The lowest BCUT2D eigenvalue weighted by atomic mass is 9.99. The number of nitro benzene ring substituents is 1. The molecule has 4 aromatic rings. The van der Waals surface area contributed by atoms with Crippen LogP contribution in [0.2, 0.25) is 0 Å². The quantitative estimate of drug-likeness (QED) is 0.125. The molecule has 0 unspecified atom stereocenters. The van der Waals surface area contributed by atoms with Gasteiger partial charge in [0.25, 0.3) is 5.69 Å². The molecule has 1 atom stereocenters. The number of hydrogen-bond donors (Lipinski definition) is 0. The van der Waals surface area contributed by atoms with Crippen molar-refractivity contribution in [1.82, 2.24) is 0 Å². The number of esters is 1. The summed E-state index contributed by atoms with van der Waals surface area (Å²) in [4.78, 5) is 36.9. The first-order valence-corrected chi connectivity index (χ1v) is 11.2. The predicted molar refractivity (Wildman–Crippen MR) is 134 cm³/mol. The molecule has 0 bridgehead atoms. The third kappa shape index (κ3) is 5.54. The summed E-state index contributed by atoms with van der Waals surface area (Å²) in [6.07, 6.45) is -1.37. The summed E-state index contributed by atoms with van der Waals surface area (Å²) in [5.41, 5.74) is 0.637. The molecule has 0 saturated heterocycles. The summed E-state index contributed by atoms with van der Waals surface area (Å²) in [5, 5.41) is 29.7. The second-order valence-corrected chi connectivity index (χ2v) is 7.90. The standard InChI is InChI=1S/C29H17N3O6/c30-17-22-9-5-11-26(25(22)18-31)37-24-10-4-8-21(16-24)29(34)38-28(27(33)19-6-2-1-3-7-19)20-12-14-23(15-13-20)32(35)36/h1-16,28H/t28-/m0/s1. The molecule has 0 aliphatic rings. The number of benzene rings is 4. The number of non-ortho nitro benzene ring substituents is 1. The van der Waals surface area contributed by atoms with Crippen molar-refractivity contribution < 1.29 is 24.0 Å². The average molecular weight is 503 g/mol. The third-order valence-electron chi connectivity index (χ3n) is 5.48. The van der Waals surface area contributed by atoms with Crippen molar-refractivity contribution in [2.45, 2.75) is 6.10 Å². The molecule has 0 spiro atoms. The third-order valence-corrected chi connectivity index (χ3v) is 5.48. The number of rotatable bonds is 8. The molecule has 0 saturated carbocycles. The molecule has 0 fully saturated rings. The maximum atomic E-state index is 13.3. The monoisotopic (exact) mass is 503 g/mol. The molecule has 9 heteroatoms. The second-order valence-electron chi connectivity index (χ2n) is 7.90. The van der Waals surface area contributed by atoms with Crippen LogP contribution in [0.3, 0.4) is 0 Å². The lowest BCUT2D eigenvalue weighted by Gasteiger charge is -2.18. The van der Waals surface area contributed by atoms with Gasteiger partial charge in [0.05, 0.1) is 16.1 Å². The fourth-order valence-electron chi connectivity index (χ4n) is 3.61. The first-order valence-electron chi connectivity index (χ1n) is 11.2. The number of ether oxygens (including phenoxy) is 2. The molecule has 4 aromatic carbocycles. The number of Topliss-reactive ketones (excluding diaryl/α,β-unsaturated/α-hetero) is 1. The fourth-order valence-corrected chi connectivity index (χ4v) is 3.61. The van der Waals surface area contributed by atoms with E-state index in [1.54, 1.807) is 42.5 Å². The highest BCUT2D eigenvalue weighted by atomic mass is 16.6. The highest BCUT2D eigenvalue weighted by molar-refractivity contribution is 6.02. The van der Waals surface area contributed by atoms with Crippen molar-refractivity contribution in [3.05, 3.63) is 135 Å². The first kappa shape index (κ1) is 25.3. The molecule has 0 N–H and O–H groups in total. The van der Waals surface area contributed by atoms with Crippen molar-refractivity contribution in [2.75, 3.05) is 0 Å². The van der Waals surface area contributed by atoms with Gasteiger partial charge in [-0.1, -0.05) is 42.5 Å². The smallest absolute Gasteiger partial charge is 0.339 e. The Morgan fingerprint density at radius 2 is 1.50 bits per heavy atom. The number of nitrogens with zero attached hydrogens (tertiary/aromatic N) is 3. The lowest BCUT2D eigenvalue weighted by Crippen LogP contribution is -2.20. The topological polar surface area (TPSA) is 143 Å². The van der Waals surface area contributed by atoms with E-state index in [1.807, 2.05) is 12.1 Å². The van der Waals surface area contributed by atoms with Gasteiger partial charge in [0.1, 0.15) is 29.2 Å². The zero-order valence-corrected chi connectivity index (χ0v) is 19.6. The lowest BCUT2D eigenvalue weighted by molar-refractivity contribution is -0.384. The van der Waals surface area contributed by atoms with Gasteiger partial charge < -0.3 is 9.47 Å². The van der Waals surface area contributed by atoms with E-state index >= 15 is 0 Å². The van der Waals surface area contributed by atoms with E-state index in [1.165, 1.54) is 54.6 Å². The van der Waals surface area contributed by atoms with E-state index in [0.717, 1.165) is 0 Å². The molecule has 0 heterocycles. The Kier molecular flexibility index (Phi) is 7.52. The summed E-state index contributed by atoms with van der Waals surface area (Å²) in [7, 11) is 0. The first-order chi connectivity index (χ1) is 18.4. The van der Waals surface area contributed by atoms with Crippen LogP contribution >= 0.6 is 0 Å². The molecule has 184 valence electrons. The van der Waals surface area contributed by atoms with Crippen molar-refractivity contribution >= 4 is 17.4 Å². The maximum Gasteiger partial charge on any atom is 0.339 e. The molecule has 0 aromatic heterocycles. The van der Waals surface area contributed by atoms with Crippen molar-refractivity contribution in [1.29, 1.82) is 10.5 Å². The van der Waals surface area contributed by atoms with E-state index in [4.69, 9.17) is 9.47 Å². The zero-order valence-electron chi connectivity index (χ0n) is 19.6. The van der Waals surface area contributed by atoms with Gasteiger partial charge in [0.15, 0.2) is 6.10 Å². The molecule has 0 aliphatic carbocycles.